The van der Waals surface area contributed by atoms with Gasteiger partial charge in [0.05, 0.1) is 6.54 Å². The lowest BCUT2D eigenvalue weighted by atomic mass is 10.2. The molecule has 0 saturated carbocycles. The molecule has 2 N–H and O–H groups in total. The first-order valence-electron chi connectivity index (χ1n) is 7.04. The molecular weight excluding hydrogens is 282 g/mol. The Morgan fingerprint density at radius 2 is 1.68 bits per heavy atom. The molecule has 2 aromatic rings. The number of amides is 1. The Kier molecular flexibility index (Phi) is 6.26. The fourth-order valence-corrected chi connectivity index (χ4v) is 1.74. The van der Waals surface area contributed by atoms with Crippen molar-refractivity contribution in [3.8, 4) is 5.75 Å². The standard InChI is InChI=1S/C17H19NO4/c19-15(13-21-16-9-5-2-6-10-16)11-18-17(20)22-12-14-7-3-1-4-8-14/h1-10,15,19H,11-13H2,(H,18,20)/t15-/m0/s1. The number of ether oxygens (including phenoxy) is 2. The van der Waals surface area contributed by atoms with E-state index in [9.17, 15) is 9.90 Å². The molecule has 1 amide bonds. The lowest BCUT2D eigenvalue weighted by molar-refractivity contribution is 0.0965. The van der Waals surface area contributed by atoms with Crippen LogP contribution >= 0.6 is 0 Å². The number of nitrogens with one attached hydrogen (secondary N) is 1. The van der Waals surface area contributed by atoms with Crippen LogP contribution < -0.4 is 10.1 Å². The summed E-state index contributed by atoms with van der Waals surface area (Å²) >= 11 is 0. The second-order valence-electron chi connectivity index (χ2n) is 4.72. The topological polar surface area (TPSA) is 67.8 Å². The number of alkyl carbamates (subject to hydrolysis) is 1. The third-order valence-electron chi connectivity index (χ3n) is 2.88. The van der Waals surface area contributed by atoms with E-state index >= 15 is 0 Å². The minimum atomic E-state index is -0.801. The Labute approximate surface area is 129 Å². The monoisotopic (exact) mass is 301 g/mol. The lowest BCUT2D eigenvalue weighted by Crippen LogP contribution is -2.35. The molecule has 0 heterocycles. The Morgan fingerprint density at radius 3 is 2.36 bits per heavy atom. The summed E-state index contributed by atoms with van der Waals surface area (Å²) in [5.74, 6) is 0.674. The molecule has 0 aliphatic carbocycles. The van der Waals surface area contributed by atoms with Crippen molar-refractivity contribution in [3.63, 3.8) is 0 Å². The fourth-order valence-electron chi connectivity index (χ4n) is 1.74. The Hall–Kier alpha value is -2.53. The molecule has 0 bridgehead atoms. The predicted octanol–water partition coefficient (Wildman–Crippen LogP) is 2.35. The number of hydrogen-bond acceptors (Lipinski definition) is 4. The Morgan fingerprint density at radius 1 is 1.05 bits per heavy atom. The molecule has 116 valence electrons. The number of carbonyl (C=O) groups is 1. The van der Waals surface area contributed by atoms with Gasteiger partial charge in [-0.05, 0) is 17.7 Å². The van der Waals surface area contributed by atoms with Crippen molar-refractivity contribution in [1.82, 2.24) is 5.32 Å². The smallest absolute Gasteiger partial charge is 0.407 e. The molecule has 2 rings (SSSR count). The second kappa shape index (κ2) is 8.69. The van der Waals surface area contributed by atoms with Gasteiger partial charge in [0, 0.05) is 0 Å². The van der Waals surface area contributed by atoms with Gasteiger partial charge in [-0.15, -0.1) is 0 Å². The van der Waals surface area contributed by atoms with Crippen molar-refractivity contribution in [2.45, 2.75) is 12.7 Å². The molecule has 2 aromatic carbocycles. The van der Waals surface area contributed by atoms with Gasteiger partial charge >= 0.3 is 6.09 Å². The van der Waals surface area contributed by atoms with Gasteiger partial charge in [-0.25, -0.2) is 4.79 Å². The molecule has 1 atom stereocenters. The van der Waals surface area contributed by atoms with Crippen molar-refractivity contribution in [2.75, 3.05) is 13.2 Å². The maximum atomic E-state index is 11.5. The van der Waals surface area contributed by atoms with E-state index in [4.69, 9.17) is 9.47 Å². The Bertz CT molecular complexity index is 559. The number of benzene rings is 2. The van der Waals surface area contributed by atoms with Gasteiger partial charge < -0.3 is 19.9 Å². The summed E-state index contributed by atoms with van der Waals surface area (Å²) < 4.78 is 10.4. The van der Waals surface area contributed by atoms with Gasteiger partial charge in [0.25, 0.3) is 0 Å². The molecule has 22 heavy (non-hydrogen) atoms. The molecule has 0 spiro atoms. The van der Waals surface area contributed by atoms with E-state index in [2.05, 4.69) is 5.32 Å². The molecule has 5 heteroatoms. The fraction of sp³-hybridized carbons (Fsp3) is 0.235. The average molecular weight is 301 g/mol. The molecule has 0 unspecified atom stereocenters. The number of aliphatic hydroxyl groups is 1. The van der Waals surface area contributed by atoms with Gasteiger partial charge in [-0.1, -0.05) is 48.5 Å². The summed E-state index contributed by atoms with van der Waals surface area (Å²) in [5.41, 5.74) is 0.908. The highest BCUT2D eigenvalue weighted by Gasteiger charge is 2.08. The summed E-state index contributed by atoms with van der Waals surface area (Å²) in [6.45, 7) is 0.368. The predicted molar refractivity (Wildman–Crippen MR) is 82.6 cm³/mol. The van der Waals surface area contributed by atoms with Gasteiger partial charge in [-0.3, -0.25) is 0 Å². The Balaban J connectivity index is 1.61. The van der Waals surface area contributed by atoms with Crippen LogP contribution in [0.2, 0.25) is 0 Å². The average Bonchev–Trinajstić information content (AvgIpc) is 2.58. The first kappa shape index (κ1) is 15.9. The molecule has 0 aliphatic heterocycles. The maximum Gasteiger partial charge on any atom is 0.407 e. The number of rotatable bonds is 7. The van der Waals surface area contributed by atoms with Crippen molar-refractivity contribution in [1.29, 1.82) is 0 Å². The van der Waals surface area contributed by atoms with Gasteiger partial charge in [0.15, 0.2) is 0 Å². The van der Waals surface area contributed by atoms with Crippen molar-refractivity contribution in [2.24, 2.45) is 0 Å². The second-order valence-corrected chi connectivity index (χ2v) is 4.72. The summed E-state index contributed by atoms with van der Waals surface area (Å²) in [7, 11) is 0. The van der Waals surface area contributed by atoms with Crippen LogP contribution in [0.25, 0.3) is 0 Å². The zero-order valence-corrected chi connectivity index (χ0v) is 12.1. The zero-order valence-electron chi connectivity index (χ0n) is 12.1. The van der Waals surface area contributed by atoms with Crippen molar-refractivity contribution < 1.29 is 19.4 Å². The highest BCUT2D eigenvalue weighted by molar-refractivity contribution is 5.67. The van der Waals surface area contributed by atoms with E-state index in [1.54, 1.807) is 12.1 Å². The van der Waals surface area contributed by atoms with Crippen LogP contribution in [0.3, 0.4) is 0 Å². The summed E-state index contributed by atoms with van der Waals surface area (Å²) in [4.78, 5) is 11.5. The van der Waals surface area contributed by atoms with Gasteiger partial charge in [0.2, 0.25) is 0 Å². The highest BCUT2D eigenvalue weighted by atomic mass is 16.5. The summed E-state index contributed by atoms with van der Waals surface area (Å²) in [5, 5.41) is 12.2. The van der Waals surface area contributed by atoms with E-state index in [0.717, 1.165) is 5.56 Å². The van der Waals surface area contributed by atoms with E-state index in [-0.39, 0.29) is 19.8 Å². The molecule has 5 nitrogen and oxygen atoms in total. The lowest BCUT2D eigenvalue weighted by Gasteiger charge is -2.13. The minimum Gasteiger partial charge on any atom is -0.491 e. The molecule has 0 radical (unpaired) electrons. The van der Waals surface area contributed by atoms with Crippen molar-refractivity contribution in [3.05, 3.63) is 66.2 Å². The third-order valence-corrected chi connectivity index (χ3v) is 2.88. The first-order valence-corrected chi connectivity index (χ1v) is 7.04. The van der Waals surface area contributed by atoms with Crippen LogP contribution in [0.4, 0.5) is 4.79 Å². The van der Waals surface area contributed by atoms with Crippen LogP contribution in [0.15, 0.2) is 60.7 Å². The zero-order chi connectivity index (χ0) is 15.6. The number of para-hydroxylation sites is 1. The first-order chi connectivity index (χ1) is 10.7. The van der Waals surface area contributed by atoms with Crippen LogP contribution in [-0.4, -0.2) is 30.5 Å². The number of hydrogen-bond donors (Lipinski definition) is 2. The van der Waals surface area contributed by atoms with Crippen LogP contribution in [0.5, 0.6) is 5.75 Å². The van der Waals surface area contributed by atoms with E-state index < -0.39 is 12.2 Å². The number of carbonyl (C=O) groups excluding carboxylic acids is 1. The van der Waals surface area contributed by atoms with Crippen LogP contribution in [-0.2, 0) is 11.3 Å². The van der Waals surface area contributed by atoms with E-state index in [0.29, 0.717) is 5.75 Å². The number of aliphatic hydroxyl groups excluding tert-OH is 1. The van der Waals surface area contributed by atoms with E-state index in [1.807, 2.05) is 48.5 Å². The molecule has 0 aromatic heterocycles. The van der Waals surface area contributed by atoms with Gasteiger partial charge in [0.1, 0.15) is 25.1 Å². The largest absolute Gasteiger partial charge is 0.491 e. The maximum absolute atomic E-state index is 11.5. The van der Waals surface area contributed by atoms with Crippen LogP contribution in [0.1, 0.15) is 5.56 Å². The summed E-state index contributed by atoms with van der Waals surface area (Å²) in [6.07, 6.45) is -1.37. The van der Waals surface area contributed by atoms with Gasteiger partial charge in [-0.2, -0.15) is 0 Å². The normalized spacial score (nSPS) is 11.5. The quantitative estimate of drug-likeness (QED) is 0.824. The van der Waals surface area contributed by atoms with E-state index in [1.165, 1.54) is 0 Å². The molecular formula is C17H19NO4. The van der Waals surface area contributed by atoms with Crippen LogP contribution in [0, 0.1) is 0 Å². The third kappa shape index (κ3) is 5.85. The highest BCUT2D eigenvalue weighted by Crippen LogP contribution is 2.08. The SMILES string of the molecule is O=C(NC[C@H](O)COc1ccccc1)OCc1ccccc1. The van der Waals surface area contributed by atoms with Crippen molar-refractivity contribution >= 4 is 6.09 Å². The minimum absolute atomic E-state index is 0.0699. The molecule has 0 saturated heterocycles. The molecule has 0 fully saturated rings. The summed E-state index contributed by atoms with van der Waals surface area (Å²) in [6, 6.07) is 18.6. The molecule has 0 aliphatic rings.